The summed E-state index contributed by atoms with van der Waals surface area (Å²) in [5, 5.41) is 12.1. The molecule has 112 valence electrons. The van der Waals surface area contributed by atoms with Gasteiger partial charge in [-0.3, -0.25) is 4.99 Å². The summed E-state index contributed by atoms with van der Waals surface area (Å²) in [4.78, 5) is 5.53. The van der Waals surface area contributed by atoms with Crippen LogP contribution < -0.4 is 16.0 Å². The fourth-order valence-electron chi connectivity index (χ4n) is 1.89. The Kier molecular flexibility index (Phi) is 6.61. The van der Waals surface area contributed by atoms with E-state index in [1.54, 1.807) is 18.4 Å². The third-order valence-electron chi connectivity index (χ3n) is 2.98. The first-order chi connectivity index (χ1) is 10.4. The van der Waals surface area contributed by atoms with Crippen molar-refractivity contribution >= 4 is 23.0 Å². The van der Waals surface area contributed by atoms with E-state index in [1.165, 1.54) is 4.88 Å². The number of para-hydroxylation sites is 1. The van der Waals surface area contributed by atoms with E-state index in [0.717, 1.165) is 37.7 Å². The van der Waals surface area contributed by atoms with Crippen LogP contribution in [0.5, 0.6) is 0 Å². The molecule has 2 rings (SSSR count). The highest BCUT2D eigenvalue weighted by molar-refractivity contribution is 7.09. The van der Waals surface area contributed by atoms with Gasteiger partial charge < -0.3 is 16.0 Å². The lowest BCUT2D eigenvalue weighted by Crippen LogP contribution is -2.37. The number of benzene rings is 1. The maximum atomic E-state index is 4.22. The van der Waals surface area contributed by atoms with Crippen LogP contribution in [0.15, 0.2) is 52.8 Å². The van der Waals surface area contributed by atoms with Crippen LogP contribution in [0.4, 0.5) is 5.69 Å². The van der Waals surface area contributed by atoms with E-state index in [-0.39, 0.29) is 0 Å². The first-order valence-electron chi connectivity index (χ1n) is 7.14. The number of hydrogen-bond donors (Lipinski definition) is 3. The molecular formula is C16H22N4S. The zero-order valence-corrected chi connectivity index (χ0v) is 13.1. The van der Waals surface area contributed by atoms with Crippen LogP contribution in [0, 0.1) is 0 Å². The lowest BCUT2D eigenvalue weighted by Gasteiger charge is -2.11. The number of thiophene rings is 1. The van der Waals surface area contributed by atoms with Crippen molar-refractivity contribution in [2.75, 3.05) is 25.5 Å². The minimum atomic E-state index is 0.819. The summed E-state index contributed by atoms with van der Waals surface area (Å²) >= 11 is 1.75. The standard InChI is InChI=1S/C16H22N4S/c1-17-16(20-13-15-9-5-12-21-15)19-11-6-10-18-14-7-3-2-4-8-14/h2-5,7-9,12,18H,6,10-11,13H2,1H3,(H2,17,19,20). The average Bonchev–Trinajstić information content (AvgIpc) is 3.04. The first kappa shape index (κ1) is 15.4. The molecule has 0 unspecified atom stereocenters. The molecule has 0 atom stereocenters. The summed E-state index contributed by atoms with van der Waals surface area (Å²) < 4.78 is 0. The molecule has 1 aromatic heterocycles. The number of nitrogens with one attached hydrogen (secondary N) is 3. The van der Waals surface area contributed by atoms with Gasteiger partial charge in [-0.05, 0) is 30.0 Å². The number of guanidine groups is 1. The average molecular weight is 302 g/mol. The molecular weight excluding hydrogens is 280 g/mol. The molecule has 0 saturated heterocycles. The van der Waals surface area contributed by atoms with Crippen LogP contribution in [0.3, 0.4) is 0 Å². The van der Waals surface area contributed by atoms with Crippen molar-refractivity contribution in [3.8, 4) is 0 Å². The van der Waals surface area contributed by atoms with Crippen LogP contribution in [-0.4, -0.2) is 26.1 Å². The molecule has 0 saturated carbocycles. The van der Waals surface area contributed by atoms with Gasteiger partial charge in [-0.15, -0.1) is 11.3 Å². The molecule has 0 radical (unpaired) electrons. The number of hydrogen-bond acceptors (Lipinski definition) is 3. The topological polar surface area (TPSA) is 48.5 Å². The fourth-order valence-corrected chi connectivity index (χ4v) is 2.53. The van der Waals surface area contributed by atoms with Crippen LogP contribution in [-0.2, 0) is 6.54 Å². The Morgan fingerprint density at radius 2 is 1.90 bits per heavy atom. The van der Waals surface area contributed by atoms with Crippen molar-refractivity contribution in [3.05, 3.63) is 52.7 Å². The SMILES string of the molecule is CN=C(NCCCNc1ccccc1)NCc1cccs1. The second-order valence-corrected chi connectivity index (χ2v) is 5.61. The Labute approximate surface area is 130 Å². The molecule has 0 spiro atoms. The van der Waals surface area contributed by atoms with Gasteiger partial charge >= 0.3 is 0 Å². The molecule has 0 fully saturated rings. The predicted molar refractivity (Wildman–Crippen MR) is 92.1 cm³/mol. The first-order valence-corrected chi connectivity index (χ1v) is 8.02. The zero-order chi connectivity index (χ0) is 14.8. The third kappa shape index (κ3) is 5.87. The summed E-state index contributed by atoms with van der Waals surface area (Å²) in [7, 11) is 1.80. The lowest BCUT2D eigenvalue weighted by molar-refractivity contribution is 0.765. The minimum Gasteiger partial charge on any atom is -0.385 e. The number of aliphatic imine (C=N–C) groups is 1. The van der Waals surface area contributed by atoms with Crippen LogP contribution in [0.2, 0.25) is 0 Å². The van der Waals surface area contributed by atoms with Crippen LogP contribution >= 0.6 is 11.3 Å². The molecule has 1 heterocycles. The van der Waals surface area contributed by atoms with Gasteiger partial charge in [0.15, 0.2) is 5.96 Å². The summed E-state index contributed by atoms with van der Waals surface area (Å²) in [6, 6.07) is 14.4. The van der Waals surface area contributed by atoms with Gasteiger partial charge in [-0.25, -0.2) is 0 Å². The number of rotatable bonds is 7. The van der Waals surface area contributed by atoms with Gasteiger partial charge in [0.25, 0.3) is 0 Å². The van der Waals surface area contributed by atoms with E-state index in [1.807, 2.05) is 18.2 Å². The van der Waals surface area contributed by atoms with Gasteiger partial charge in [0.05, 0.1) is 6.54 Å². The van der Waals surface area contributed by atoms with Gasteiger partial charge in [0.2, 0.25) is 0 Å². The molecule has 3 N–H and O–H groups in total. The van der Waals surface area contributed by atoms with Crippen molar-refractivity contribution in [2.45, 2.75) is 13.0 Å². The molecule has 0 aliphatic rings. The van der Waals surface area contributed by atoms with E-state index in [0.29, 0.717) is 0 Å². The maximum Gasteiger partial charge on any atom is 0.191 e. The van der Waals surface area contributed by atoms with E-state index < -0.39 is 0 Å². The molecule has 0 aliphatic carbocycles. The quantitative estimate of drug-likeness (QED) is 0.419. The molecule has 0 aliphatic heterocycles. The smallest absolute Gasteiger partial charge is 0.191 e. The van der Waals surface area contributed by atoms with Crippen molar-refractivity contribution in [2.24, 2.45) is 4.99 Å². The van der Waals surface area contributed by atoms with E-state index in [9.17, 15) is 0 Å². The Hall–Kier alpha value is -2.01. The van der Waals surface area contributed by atoms with Crippen LogP contribution in [0.1, 0.15) is 11.3 Å². The lowest BCUT2D eigenvalue weighted by atomic mass is 10.3. The third-order valence-corrected chi connectivity index (χ3v) is 3.86. The van der Waals surface area contributed by atoms with E-state index in [2.05, 4.69) is 50.6 Å². The molecule has 0 amide bonds. The largest absolute Gasteiger partial charge is 0.385 e. The Balaban J connectivity index is 1.58. The van der Waals surface area contributed by atoms with E-state index in [4.69, 9.17) is 0 Å². The van der Waals surface area contributed by atoms with Crippen molar-refractivity contribution in [1.29, 1.82) is 0 Å². The molecule has 21 heavy (non-hydrogen) atoms. The summed E-state index contributed by atoms with van der Waals surface area (Å²) in [6.45, 7) is 2.66. The monoisotopic (exact) mass is 302 g/mol. The maximum absolute atomic E-state index is 4.22. The molecule has 0 bridgehead atoms. The Morgan fingerprint density at radius 3 is 2.62 bits per heavy atom. The molecule has 2 aromatic rings. The van der Waals surface area contributed by atoms with Gasteiger partial charge in [0, 0.05) is 30.7 Å². The van der Waals surface area contributed by atoms with E-state index >= 15 is 0 Å². The van der Waals surface area contributed by atoms with Crippen molar-refractivity contribution in [1.82, 2.24) is 10.6 Å². The van der Waals surface area contributed by atoms with Gasteiger partial charge in [-0.1, -0.05) is 24.3 Å². The Bertz CT molecular complexity index is 522. The van der Waals surface area contributed by atoms with Crippen LogP contribution in [0.25, 0.3) is 0 Å². The van der Waals surface area contributed by atoms with Gasteiger partial charge in [-0.2, -0.15) is 0 Å². The predicted octanol–water partition coefficient (Wildman–Crippen LogP) is 2.92. The second-order valence-electron chi connectivity index (χ2n) is 4.58. The minimum absolute atomic E-state index is 0.819. The summed E-state index contributed by atoms with van der Waals surface area (Å²) in [5.41, 5.74) is 1.16. The second kappa shape index (κ2) is 9.02. The normalized spacial score (nSPS) is 11.2. The summed E-state index contributed by atoms with van der Waals surface area (Å²) in [6.07, 6.45) is 1.04. The number of anilines is 1. The highest BCUT2D eigenvalue weighted by Crippen LogP contribution is 2.07. The molecule has 5 heteroatoms. The zero-order valence-electron chi connectivity index (χ0n) is 12.3. The summed E-state index contributed by atoms with van der Waals surface area (Å²) in [5.74, 6) is 0.850. The van der Waals surface area contributed by atoms with Gasteiger partial charge in [0.1, 0.15) is 0 Å². The highest BCUT2D eigenvalue weighted by atomic mass is 32.1. The molecule has 1 aromatic carbocycles. The van der Waals surface area contributed by atoms with Crippen molar-refractivity contribution in [3.63, 3.8) is 0 Å². The fraction of sp³-hybridized carbons (Fsp3) is 0.312. The molecule has 4 nitrogen and oxygen atoms in total. The number of nitrogens with zero attached hydrogens (tertiary/aromatic N) is 1. The van der Waals surface area contributed by atoms with Crippen molar-refractivity contribution < 1.29 is 0 Å². The Morgan fingerprint density at radius 1 is 1.05 bits per heavy atom. The highest BCUT2D eigenvalue weighted by Gasteiger charge is 1.98.